The van der Waals surface area contributed by atoms with Crippen LogP contribution in [0.5, 0.6) is 0 Å². The van der Waals surface area contributed by atoms with Gasteiger partial charge in [-0.05, 0) is 33.6 Å². The Morgan fingerprint density at radius 1 is 1.45 bits per heavy atom. The van der Waals surface area contributed by atoms with E-state index in [1.807, 2.05) is 20.8 Å². The molecule has 1 aliphatic heterocycles. The number of nitrogens with zero attached hydrogens (tertiary/aromatic N) is 3. The summed E-state index contributed by atoms with van der Waals surface area (Å²) in [7, 11) is 1.50. The summed E-state index contributed by atoms with van der Waals surface area (Å²) in [4.78, 5) is 26.3. The summed E-state index contributed by atoms with van der Waals surface area (Å²) in [6.45, 7) is 6.61. The monoisotopic (exact) mass is 308 g/mol. The number of carbonyl (C=O) groups excluding carboxylic acids is 2. The van der Waals surface area contributed by atoms with Gasteiger partial charge in [0, 0.05) is 19.9 Å². The van der Waals surface area contributed by atoms with Gasteiger partial charge in [-0.2, -0.15) is 5.10 Å². The number of primary amides is 1. The molecule has 2 N–H and O–H groups in total. The van der Waals surface area contributed by atoms with E-state index in [0.29, 0.717) is 18.5 Å². The van der Waals surface area contributed by atoms with Crippen LogP contribution in [0.25, 0.3) is 0 Å². The number of hydrogen-bond acceptors (Lipinski definition) is 4. The maximum Gasteiger partial charge on any atom is 0.258 e. The Morgan fingerprint density at radius 3 is 2.64 bits per heavy atom. The maximum atomic E-state index is 12.8. The molecule has 0 radical (unpaired) electrons. The molecule has 122 valence electrons. The fourth-order valence-corrected chi connectivity index (χ4v) is 2.85. The zero-order chi connectivity index (χ0) is 16.5. The van der Waals surface area contributed by atoms with Crippen molar-refractivity contribution >= 4 is 11.8 Å². The molecular formula is C15H24N4O3. The molecule has 1 aromatic rings. The molecule has 1 atom stereocenters. The molecule has 1 aromatic heterocycles. The number of ether oxygens (including phenoxy) is 1. The second-order valence-electron chi connectivity index (χ2n) is 6.73. The topological polar surface area (TPSA) is 90.4 Å². The average Bonchev–Trinajstić information content (AvgIpc) is 3.05. The number of likely N-dealkylation sites (tertiary alicyclic amines) is 1. The highest BCUT2D eigenvalue weighted by Gasteiger charge is 2.49. The minimum absolute atomic E-state index is 0.113. The minimum Gasteiger partial charge on any atom is -0.382 e. The summed E-state index contributed by atoms with van der Waals surface area (Å²) < 4.78 is 6.89. The van der Waals surface area contributed by atoms with Crippen molar-refractivity contribution in [1.82, 2.24) is 14.7 Å². The van der Waals surface area contributed by atoms with Gasteiger partial charge in [-0.1, -0.05) is 0 Å². The summed E-state index contributed by atoms with van der Waals surface area (Å²) in [5, 5.41) is 4.24. The summed E-state index contributed by atoms with van der Waals surface area (Å²) in [6.07, 6.45) is 4.49. The molecular weight excluding hydrogens is 284 g/mol. The number of hydrogen-bond donors (Lipinski definition) is 1. The normalized spacial score (nSPS) is 22.1. The maximum absolute atomic E-state index is 12.8. The van der Waals surface area contributed by atoms with Crippen LogP contribution in [-0.4, -0.2) is 52.3 Å². The van der Waals surface area contributed by atoms with Crippen LogP contribution in [-0.2, 0) is 15.1 Å². The fraction of sp³-hybridized carbons (Fsp3) is 0.667. The molecule has 0 aromatic carbocycles. The van der Waals surface area contributed by atoms with Gasteiger partial charge in [-0.25, -0.2) is 0 Å². The SMILES string of the molecule is COCC1(C(N)=O)CCCN1C(=O)c1cnn(C(C)(C)C)c1. The molecule has 1 saturated heterocycles. The van der Waals surface area contributed by atoms with Gasteiger partial charge in [-0.15, -0.1) is 0 Å². The van der Waals surface area contributed by atoms with E-state index in [0.717, 1.165) is 6.42 Å². The number of nitrogens with two attached hydrogens (primary N) is 1. The van der Waals surface area contributed by atoms with Crippen LogP contribution in [0, 0.1) is 0 Å². The molecule has 1 unspecified atom stereocenters. The highest BCUT2D eigenvalue weighted by atomic mass is 16.5. The molecule has 7 heteroatoms. The van der Waals surface area contributed by atoms with Crippen molar-refractivity contribution in [3.05, 3.63) is 18.0 Å². The van der Waals surface area contributed by atoms with Crippen molar-refractivity contribution in [3.8, 4) is 0 Å². The number of aromatic nitrogens is 2. The Bertz CT molecular complexity index is 576. The van der Waals surface area contributed by atoms with Gasteiger partial charge in [0.25, 0.3) is 5.91 Å². The Morgan fingerprint density at radius 2 is 2.14 bits per heavy atom. The first-order valence-corrected chi connectivity index (χ1v) is 7.38. The Hall–Kier alpha value is -1.89. The van der Waals surface area contributed by atoms with Gasteiger partial charge in [0.15, 0.2) is 0 Å². The zero-order valence-corrected chi connectivity index (χ0v) is 13.6. The molecule has 0 saturated carbocycles. The molecule has 2 heterocycles. The van der Waals surface area contributed by atoms with Gasteiger partial charge in [0.2, 0.25) is 5.91 Å². The van der Waals surface area contributed by atoms with Crippen LogP contribution in [0.15, 0.2) is 12.4 Å². The van der Waals surface area contributed by atoms with E-state index in [1.54, 1.807) is 10.9 Å². The van der Waals surface area contributed by atoms with E-state index < -0.39 is 11.4 Å². The summed E-state index contributed by atoms with van der Waals surface area (Å²) in [6, 6.07) is 0. The number of carbonyl (C=O) groups is 2. The standard InChI is InChI=1S/C15H24N4O3/c1-14(2,3)19-9-11(8-17-19)12(20)18-7-5-6-15(18,10-22-4)13(16)21/h8-9H,5-7,10H2,1-4H3,(H2,16,21). The molecule has 1 aliphatic rings. The molecule has 2 amide bonds. The van der Waals surface area contributed by atoms with E-state index >= 15 is 0 Å². The smallest absolute Gasteiger partial charge is 0.258 e. The molecule has 7 nitrogen and oxygen atoms in total. The highest BCUT2D eigenvalue weighted by molar-refractivity contribution is 5.99. The predicted octanol–water partition coefficient (Wildman–Crippen LogP) is 0.745. The first-order chi connectivity index (χ1) is 10.2. The zero-order valence-electron chi connectivity index (χ0n) is 13.6. The highest BCUT2D eigenvalue weighted by Crippen LogP contribution is 2.31. The van der Waals surface area contributed by atoms with Gasteiger partial charge in [0.1, 0.15) is 5.54 Å². The minimum atomic E-state index is -1.06. The Balaban J connectivity index is 2.31. The lowest BCUT2D eigenvalue weighted by molar-refractivity contribution is -0.130. The van der Waals surface area contributed by atoms with Crippen molar-refractivity contribution in [2.45, 2.75) is 44.7 Å². The molecule has 1 fully saturated rings. The quantitative estimate of drug-likeness (QED) is 0.888. The van der Waals surface area contributed by atoms with Crippen molar-refractivity contribution in [1.29, 1.82) is 0 Å². The molecule has 0 bridgehead atoms. The van der Waals surface area contributed by atoms with E-state index in [1.165, 1.54) is 18.2 Å². The first-order valence-electron chi connectivity index (χ1n) is 7.38. The van der Waals surface area contributed by atoms with Crippen LogP contribution in [0.2, 0.25) is 0 Å². The van der Waals surface area contributed by atoms with Crippen LogP contribution in [0.1, 0.15) is 44.0 Å². The molecule has 0 aliphatic carbocycles. The van der Waals surface area contributed by atoms with Crippen LogP contribution in [0.3, 0.4) is 0 Å². The first kappa shape index (κ1) is 16.5. The molecule has 0 spiro atoms. The summed E-state index contributed by atoms with van der Waals surface area (Å²) in [5.41, 5.74) is 4.75. The van der Waals surface area contributed by atoms with E-state index in [9.17, 15) is 9.59 Å². The number of methoxy groups -OCH3 is 1. The van der Waals surface area contributed by atoms with Crippen LogP contribution in [0.4, 0.5) is 0 Å². The van der Waals surface area contributed by atoms with Crippen molar-refractivity contribution in [3.63, 3.8) is 0 Å². The van der Waals surface area contributed by atoms with Crippen molar-refractivity contribution in [2.75, 3.05) is 20.3 Å². The number of amides is 2. The second kappa shape index (κ2) is 5.72. The lowest BCUT2D eigenvalue weighted by atomic mass is 9.96. The van der Waals surface area contributed by atoms with Crippen molar-refractivity contribution < 1.29 is 14.3 Å². The average molecular weight is 308 g/mol. The van der Waals surface area contributed by atoms with Gasteiger partial charge < -0.3 is 15.4 Å². The summed E-state index contributed by atoms with van der Waals surface area (Å²) >= 11 is 0. The second-order valence-corrected chi connectivity index (χ2v) is 6.73. The van der Waals surface area contributed by atoms with Crippen molar-refractivity contribution in [2.24, 2.45) is 5.73 Å². The van der Waals surface area contributed by atoms with E-state index in [4.69, 9.17) is 10.5 Å². The Kier molecular flexibility index (Phi) is 4.28. The van der Waals surface area contributed by atoms with Gasteiger partial charge in [-0.3, -0.25) is 14.3 Å². The third-order valence-electron chi connectivity index (χ3n) is 4.09. The lowest BCUT2D eigenvalue weighted by Gasteiger charge is -2.34. The van der Waals surface area contributed by atoms with E-state index in [2.05, 4.69) is 5.10 Å². The molecule has 22 heavy (non-hydrogen) atoms. The largest absolute Gasteiger partial charge is 0.382 e. The van der Waals surface area contributed by atoms with Gasteiger partial charge in [0.05, 0.1) is 23.9 Å². The Labute approximate surface area is 130 Å². The van der Waals surface area contributed by atoms with Crippen LogP contribution < -0.4 is 5.73 Å². The summed E-state index contributed by atoms with van der Waals surface area (Å²) in [5.74, 6) is -0.757. The van der Waals surface area contributed by atoms with E-state index in [-0.39, 0.29) is 18.1 Å². The third kappa shape index (κ3) is 2.72. The molecule has 2 rings (SSSR count). The fourth-order valence-electron chi connectivity index (χ4n) is 2.85. The van der Waals surface area contributed by atoms with Gasteiger partial charge >= 0.3 is 0 Å². The van der Waals surface area contributed by atoms with Crippen LogP contribution >= 0.6 is 0 Å². The predicted molar refractivity (Wildman–Crippen MR) is 81.3 cm³/mol. The number of rotatable bonds is 4. The lowest BCUT2D eigenvalue weighted by Crippen LogP contribution is -2.58. The third-order valence-corrected chi connectivity index (χ3v) is 4.09.